The summed E-state index contributed by atoms with van der Waals surface area (Å²) in [6.45, 7) is 9.00. The van der Waals surface area contributed by atoms with Gasteiger partial charge >= 0.3 is 0 Å². The van der Waals surface area contributed by atoms with E-state index in [9.17, 15) is 0 Å². The third kappa shape index (κ3) is 3.93. The number of aromatic amines is 1. The van der Waals surface area contributed by atoms with E-state index in [1.54, 1.807) is 0 Å². The lowest BCUT2D eigenvalue weighted by atomic mass is 10.1. The van der Waals surface area contributed by atoms with Crippen molar-refractivity contribution in [1.82, 2.24) is 20.1 Å². The normalized spacial score (nSPS) is 16.3. The summed E-state index contributed by atoms with van der Waals surface area (Å²) in [5, 5.41) is 7.41. The van der Waals surface area contributed by atoms with Crippen molar-refractivity contribution in [2.24, 2.45) is 5.92 Å². The van der Waals surface area contributed by atoms with Gasteiger partial charge in [-0.1, -0.05) is 32.0 Å². The number of nitrogens with zero attached hydrogens (tertiary/aromatic N) is 3. The molecule has 1 saturated heterocycles. The third-order valence-corrected chi connectivity index (χ3v) is 3.83. The molecule has 0 bridgehead atoms. The van der Waals surface area contributed by atoms with Crippen LogP contribution in [0.4, 0.5) is 0 Å². The maximum atomic E-state index is 5.40. The van der Waals surface area contributed by atoms with Crippen molar-refractivity contribution in [3.8, 4) is 11.4 Å². The number of hydrogen-bond acceptors (Lipinski definition) is 4. The lowest BCUT2D eigenvalue weighted by molar-refractivity contribution is 0.0342. The van der Waals surface area contributed by atoms with Crippen LogP contribution in [-0.2, 0) is 17.7 Å². The minimum Gasteiger partial charge on any atom is -0.379 e. The molecule has 3 rings (SSSR count). The molecule has 2 heterocycles. The van der Waals surface area contributed by atoms with Crippen LogP contribution in [0.3, 0.4) is 0 Å². The van der Waals surface area contributed by atoms with Gasteiger partial charge in [0.25, 0.3) is 0 Å². The summed E-state index contributed by atoms with van der Waals surface area (Å²) in [4.78, 5) is 7.03. The molecule has 0 atom stereocenters. The second kappa shape index (κ2) is 7.03. The maximum absolute atomic E-state index is 5.40. The van der Waals surface area contributed by atoms with E-state index < -0.39 is 0 Å². The molecule has 1 fully saturated rings. The van der Waals surface area contributed by atoms with E-state index >= 15 is 0 Å². The highest BCUT2D eigenvalue weighted by molar-refractivity contribution is 5.55. The number of nitrogens with one attached hydrogen (secondary N) is 1. The predicted molar refractivity (Wildman–Crippen MR) is 86.5 cm³/mol. The van der Waals surface area contributed by atoms with E-state index in [1.807, 2.05) is 0 Å². The maximum Gasteiger partial charge on any atom is 0.181 e. The summed E-state index contributed by atoms with van der Waals surface area (Å²) in [5.41, 5.74) is 2.38. The molecule has 0 unspecified atom stereocenters. The fraction of sp³-hybridized carbons (Fsp3) is 0.529. The molecule has 0 saturated carbocycles. The van der Waals surface area contributed by atoms with Gasteiger partial charge in [-0.25, -0.2) is 4.98 Å². The van der Waals surface area contributed by atoms with Gasteiger partial charge in [-0.15, -0.1) is 0 Å². The summed E-state index contributed by atoms with van der Waals surface area (Å²) in [6, 6.07) is 8.52. The molecular formula is C17H24N4O. The third-order valence-electron chi connectivity index (χ3n) is 3.83. The van der Waals surface area contributed by atoms with Crippen LogP contribution in [0.15, 0.2) is 24.3 Å². The molecule has 1 N–H and O–H groups in total. The zero-order valence-corrected chi connectivity index (χ0v) is 13.4. The van der Waals surface area contributed by atoms with Crippen molar-refractivity contribution < 1.29 is 4.74 Å². The van der Waals surface area contributed by atoms with Gasteiger partial charge in [0.2, 0.25) is 0 Å². The Morgan fingerprint density at radius 3 is 2.86 bits per heavy atom. The smallest absolute Gasteiger partial charge is 0.181 e. The second-order valence-electron chi connectivity index (χ2n) is 6.29. The summed E-state index contributed by atoms with van der Waals surface area (Å²) >= 11 is 0. The Morgan fingerprint density at radius 1 is 1.27 bits per heavy atom. The summed E-state index contributed by atoms with van der Waals surface area (Å²) in [5.74, 6) is 2.33. The Hall–Kier alpha value is -1.72. The van der Waals surface area contributed by atoms with Crippen LogP contribution in [0.2, 0.25) is 0 Å². The standard InChI is InChI=1S/C17H24N4O/c1-13(2)10-16-18-17(20-19-16)15-5-3-4-14(11-15)12-21-6-8-22-9-7-21/h3-5,11,13H,6-10,12H2,1-2H3,(H,18,19,20). The zero-order chi connectivity index (χ0) is 15.4. The molecule has 1 aromatic carbocycles. The fourth-order valence-electron chi connectivity index (χ4n) is 2.73. The highest BCUT2D eigenvalue weighted by Gasteiger charge is 2.12. The highest BCUT2D eigenvalue weighted by atomic mass is 16.5. The molecule has 0 amide bonds. The average Bonchev–Trinajstić information content (AvgIpc) is 2.96. The van der Waals surface area contributed by atoms with E-state index in [4.69, 9.17) is 4.74 Å². The average molecular weight is 300 g/mol. The quantitative estimate of drug-likeness (QED) is 0.922. The van der Waals surface area contributed by atoms with Crippen molar-refractivity contribution in [2.45, 2.75) is 26.8 Å². The summed E-state index contributed by atoms with van der Waals surface area (Å²) < 4.78 is 5.40. The van der Waals surface area contributed by atoms with E-state index in [1.165, 1.54) is 5.56 Å². The molecular weight excluding hydrogens is 276 g/mol. The van der Waals surface area contributed by atoms with Gasteiger partial charge in [-0.2, -0.15) is 5.10 Å². The second-order valence-corrected chi connectivity index (χ2v) is 6.29. The number of ether oxygens (including phenoxy) is 1. The highest BCUT2D eigenvalue weighted by Crippen LogP contribution is 2.18. The summed E-state index contributed by atoms with van der Waals surface area (Å²) in [6.07, 6.45) is 0.931. The van der Waals surface area contributed by atoms with Gasteiger partial charge < -0.3 is 4.74 Å². The van der Waals surface area contributed by atoms with Crippen LogP contribution in [0.5, 0.6) is 0 Å². The van der Waals surface area contributed by atoms with Gasteiger partial charge in [0.15, 0.2) is 5.82 Å². The monoisotopic (exact) mass is 300 g/mol. The predicted octanol–water partition coefficient (Wildman–Crippen LogP) is 2.50. The van der Waals surface area contributed by atoms with Crippen LogP contribution < -0.4 is 0 Å². The van der Waals surface area contributed by atoms with Gasteiger partial charge in [0, 0.05) is 31.6 Å². The number of benzene rings is 1. The van der Waals surface area contributed by atoms with E-state index in [2.05, 4.69) is 58.2 Å². The van der Waals surface area contributed by atoms with Crippen LogP contribution in [0.25, 0.3) is 11.4 Å². The van der Waals surface area contributed by atoms with Crippen LogP contribution in [0.1, 0.15) is 25.2 Å². The van der Waals surface area contributed by atoms with Crippen LogP contribution in [-0.4, -0.2) is 46.4 Å². The van der Waals surface area contributed by atoms with Gasteiger partial charge in [0.1, 0.15) is 5.82 Å². The first-order chi connectivity index (χ1) is 10.7. The first kappa shape index (κ1) is 15.2. The number of morpholine rings is 1. The molecule has 118 valence electrons. The zero-order valence-electron chi connectivity index (χ0n) is 13.4. The van der Waals surface area contributed by atoms with Gasteiger partial charge in [-0.3, -0.25) is 10.00 Å². The van der Waals surface area contributed by atoms with Crippen molar-refractivity contribution in [3.05, 3.63) is 35.7 Å². The van der Waals surface area contributed by atoms with Crippen molar-refractivity contribution in [3.63, 3.8) is 0 Å². The topological polar surface area (TPSA) is 54.0 Å². The van der Waals surface area contributed by atoms with E-state index in [-0.39, 0.29) is 0 Å². The Morgan fingerprint density at radius 2 is 2.09 bits per heavy atom. The van der Waals surface area contributed by atoms with Crippen molar-refractivity contribution >= 4 is 0 Å². The number of hydrogen-bond donors (Lipinski definition) is 1. The molecule has 0 spiro atoms. The van der Waals surface area contributed by atoms with Gasteiger partial charge in [0.05, 0.1) is 13.2 Å². The summed E-state index contributed by atoms with van der Waals surface area (Å²) in [7, 11) is 0. The Labute approximate surface area is 131 Å². The fourth-order valence-corrected chi connectivity index (χ4v) is 2.73. The minimum atomic E-state index is 0.577. The minimum absolute atomic E-state index is 0.577. The van der Waals surface area contributed by atoms with E-state index in [0.29, 0.717) is 5.92 Å². The first-order valence-electron chi connectivity index (χ1n) is 8.01. The van der Waals surface area contributed by atoms with Crippen molar-refractivity contribution in [1.29, 1.82) is 0 Å². The molecule has 22 heavy (non-hydrogen) atoms. The molecule has 1 aromatic heterocycles. The van der Waals surface area contributed by atoms with E-state index in [0.717, 1.165) is 56.5 Å². The molecule has 5 heteroatoms. The molecule has 5 nitrogen and oxygen atoms in total. The molecule has 0 aliphatic carbocycles. The first-order valence-corrected chi connectivity index (χ1v) is 8.01. The van der Waals surface area contributed by atoms with Crippen molar-refractivity contribution in [2.75, 3.05) is 26.3 Å². The number of aromatic nitrogens is 3. The largest absolute Gasteiger partial charge is 0.379 e. The Kier molecular flexibility index (Phi) is 4.85. The van der Waals surface area contributed by atoms with Gasteiger partial charge in [-0.05, 0) is 17.5 Å². The Balaban J connectivity index is 1.71. The lowest BCUT2D eigenvalue weighted by Crippen LogP contribution is -2.35. The Bertz CT molecular complexity index is 602. The lowest BCUT2D eigenvalue weighted by Gasteiger charge is -2.26. The molecule has 1 aliphatic rings. The van der Waals surface area contributed by atoms with Crippen LogP contribution in [0, 0.1) is 5.92 Å². The van der Waals surface area contributed by atoms with Crippen LogP contribution >= 0.6 is 0 Å². The number of rotatable bonds is 5. The SMILES string of the molecule is CC(C)Cc1nc(-c2cccc(CN3CCOCC3)c2)n[nH]1. The number of H-pyrrole nitrogens is 1. The molecule has 0 radical (unpaired) electrons. The molecule has 1 aliphatic heterocycles. The molecule has 2 aromatic rings.